The van der Waals surface area contributed by atoms with Crippen LogP contribution < -0.4 is 0 Å². The van der Waals surface area contributed by atoms with Crippen molar-refractivity contribution in [3.63, 3.8) is 0 Å². The van der Waals surface area contributed by atoms with E-state index >= 15 is 0 Å². The lowest BCUT2D eigenvalue weighted by atomic mass is 10.1. The van der Waals surface area contributed by atoms with Crippen LogP contribution in [-0.4, -0.2) is 92.3 Å². The number of morpholine rings is 2. The molecule has 0 aliphatic carbocycles. The molecule has 2 aliphatic rings. The van der Waals surface area contributed by atoms with Crippen LogP contribution in [0.25, 0.3) is 0 Å². The molecule has 1 aromatic carbocycles. The molecule has 0 radical (unpaired) electrons. The summed E-state index contributed by atoms with van der Waals surface area (Å²) in [5.74, 6) is -0.540. The van der Waals surface area contributed by atoms with Gasteiger partial charge in [-0.05, 0) is 29.6 Å². The first-order valence-corrected chi connectivity index (χ1v) is 11.8. The number of carbonyl (C=O) groups excluding carboxylic acids is 1. The number of nitrogens with zero attached hydrogens (tertiary/aromatic N) is 3. The molecule has 0 saturated carbocycles. The summed E-state index contributed by atoms with van der Waals surface area (Å²) >= 11 is 1.76. The van der Waals surface area contributed by atoms with Crippen molar-refractivity contribution in [2.75, 3.05) is 65.6 Å². The maximum absolute atomic E-state index is 13.7. The molecule has 6 nitrogen and oxygen atoms in total. The number of hydrogen-bond acceptors (Lipinski definition) is 6. The molecule has 1 atom stereocenters. The lowest BCUT2D eigenvalue weighted by Gasteiger charge is -2.36. The van der Waals surface area contributed by atoms with Crippen molar-refractivity contribution in [2.45, 2.75) is 12.6 Å². The van der Waals surface area contributed by atoms with Gasteiger partial charge in [-0.1, -0.05) is 12.1 Å². The van der Waals surface area contributed by atoms with Gasteiger partial charge in [0.05, 0.1) is 25.9 Å². The van der Waals surface area contributed by atoms with Crippen LogP contribution in [0, 0.1) is 5.82 Å². The molecule has 31 heavy (non-hydrogen) atoms. The summed E-state index contributed by atoms with van der Waals surface area (Å²) in [6.07, 6.45) is -0.0593. The van der Waals surface area contributed by atoms with E-state index in [0.717, 1.165) is 52.5 Å². The van der Waals surface area contributed by atoms with Gasteiger partial charge in [-0.2, -0.15) is 0 Å². The molecular weight excluding hydrogens is 417 g/mol. The molecule has 4 rings (SSSR count). The van der Waals surface area contributed by atoms with E-state index < -0.39 is 5.82 Å². The minimum Gasteiger partial charge on any atom is -0.379 e. The molecule has 2 saturated heterocycles. The second-order valence-corrected chi connectivity index (χ2v) is 9.06. The lowest BCUT2D eigenvalue weighted by molar-refractivity contribution is -0.0440. The summed E-state index contributed by atoms with van der Waals surface area (Å²) in [5, 5.41) is 2.10. The maximum Gasteiger partial charge on any atom is 0.254 e. The quantitative estimate of drug-likeness (QED) is 0.623. The van der Waals surface area contributed by atoms with Crippen molar-refractivity contribution in [3.8, 4) is 0 Å². The second-order valence-electron chi connectivity index (χ2n) is 8.02. The summed E-state index contributed by atoms with van der Waals surface area (Å²) in [6.45, 7) is 8.28. The van der Waals surface area contributed by atoms with E-state index in [1.54, 1.807) is 23.5 Å². The molecule has 0 spiro atoms. The summed E-state index contributed by atoms with van der Waals surface area (Å²) in [4.78, 5) is 21.1. The van der Waals surface area contributed by atoms with Crippen LogP contribution in [-0.2, 0) is 16.0 Å². The molecule has 1 aromatic heterocycles. The van der Waals surface area contributed by atoms with Gasteiger partial charge in [0, 0.05) is 62.8 Å². The van der Waals surface area contributed by atoms with Crippen LogP contribution in [0.15, 0.2) is 41.8 Å². The Morgan fingerprint density at radius 2 is 1.97 bits per heavy atom. The highest BCUT2D eigenvalue weighted by Crippen LogP contribution is 2.16. The number of thiophene rings is 1. The van der Waals surface area contributed by atoms with Gasteiger partial charge in [-0.25, -0.2) is 4.39 Å². The van der Waals surface area contributed by atoms with Gasteiger partial charge >= 0.3 is 0 Å². The van der Waals surface area contributed by atoms with Crippen molar-refractivity contribution >= 4 is 17.2 Å². The average Bonchev–Trinajstić information content (AvgIpc) is 3.30. The topological polar surface area (TPSA) is 45.2 Å². The molecule has 3 heterocycles. The molecule has 168 valence electrons. The van der Waals surface area contributed by atoms with Crippen molar-refractivity contribution < 1.29 is 18.7 Å². The Morgan fingerprint density at radius 3 is 2.74 bits per heavy atom. The van der Waals surface area contributed by atoms with Gasteiger partial charge in [-0.3, -0.25) is 14.6 Å². The third-order valence-electron chi connectivity index (χ3n) is 5.76. The number of rotatable bonds is 8. The fourth-order valence-electron chi connectivity index (χ4n) is 4.07. The SMILES string of the molecule is O=C(c1cccc(F)c1)N(CCN1CCOCC1)CC1CN(Cc2cccs2)CCO1. The minimum absolute atomic E-state index is 0.0593. The minimum atomic E-state index is -0.394. The molecule has 8 heteroatoms. The zero-order valence-corrected chi connectivity index (χ0v) is 18.6. The summed E-state index contributed by atoms with van der Waals surface area (Å²) in [5.41, 5.74) is 0.383. The Bertz CT molecular complexity index is 829. The Labute approximate surface area is 187 Å². The van der Waals surface area contributed by atoms with Gasteiger partial charge < -0.3 is 14.4 Å². The van der Waals surface area contributed by atoms with Gasteiger partial charge in [0.2, 0.25) is 0 Å². The molecule has 0 N–H and O–H groups in total. The number of benzene rings is 1. The molecule has 1 amide bonds. The number of hydrogen-bond donors (Lipinski definition) is 0. The van der Waals surface area contributed by atoms with Crippen LogP contribution in [0.3, 0.4) is 0 Å². The van der Waals surface area contributed by atoms with Gasteiger partial charge in [-0.15, -0.1) is 11.3 Å². The first-order valence-electron chi connectivity index (χ1n) is 10.9. The Balaban J connectivity index is 1.40. The van der Waals surface area contributed by atoms with Crippen LogP contribution in [0.5, 0.6) is 0 Å². The third kappa shape index (κ3) is 6.57. The van der Waals surface area contributed by atoms with E-state index in [2.05, 4.69) is 27.3 Å². The van der Waals surface area contributed by atoms with E-state index in [9.17, 15) is 9.18 Å². The fraction of sp³-hybridized carbons (Fsp3) is 0.522. The van der Waals surface area contributed by atoms with E-state index in [-0.39, 0.29) is 12.0 Å². The molecule has 0 bridgehead atoms. The van der Waals surface area contributed by atoms with E-state index in [4.69, 9.17) is 9.47 Å². The normalized spacial score (nSPS) is 20.6. The fourth-order valence-corrected chi connectivity index (χ4v) is 4.82. The summed E-state index contributed by atoms with van der Waals surface area (Å²) in [6, 6.07) is 10.2. The molecule has 2 fully saturated rings. The second kappa shape index (κ2) is 11.2. The van der Waals surface area contributed by atoms with E-state index in [1.165, 1.54) is 17.0 Å². The zero-order chi connectivity index (χ0) is 21.5. The highest BCUT2D eigenvalue weighted by molar-refractivity contribution is 7.09. The van der Waals surface area contributed by atoms with Crippen molar-refractivity contribution in [1.82, 2.24) is 14.7 Å². The number of amides is 1. The summed E-state index contributed by atoms with van der Waals surface area (Å²) < 4.78 is 25.2. The number of carbonyl (C=O) groups is 1. The number of ether oxygens (including phenoxy) is 2. The first kappa shape index (κ1) is 22.4. The monoisotopic (exact) mass is 447 g/mol. The average molecular weight is 448 g/mol. The van der Waals surface area contributed by atoms with Crippen molar-refractivity contribution in [2.24, 2.45) is 0 Å². The van der Waals surface area contributed by atoms with Gasteiger partial charge in [0.25, 0.3) is 5.91 Å². The van der Waals surface area contributed by atoms with E-state index in [0.29, 0.717) is 25.3 Å². The van der Waals surface area contributed by atoms with Crippen LogP contribution in [0.4, 0.5) is 4.39 Å². The van der Waals surface area contributed by atoms with E-state index in [1.807, 2.05) is 4.90 Å². The maximum atomic E-state index is 13.7. The number of halogens is 1. The largest absolute Gasteiger partial charge is 0.379 e. The predicted octanol–water partition coefficient (Wildman–Crippen LogP) is 2.56. The molecule has 2 aromatic rings. The smallest absolute Gasteiger partial charge is 0.254 e. The van der Waals surface area contributed by atoms with Crippen molar-refractivity contribution in [3.05, 3.63) is 58.0 Å². The van der Waals surface area contributed by atoms with Crippen LogP contribution in [0.2, 0.25) is 0 Å². The van der Waals surface area contributed by atoms with Crippen LogP contribution in [0.1, 0.15) is 15.2 Å². The Kier molecular flexibility index (Phi) is 8.04. The lowest BCUT2D eigenvalue weighted by Crippen LogP contribution is -2.50. The predicted molar refractivity (Wildman–Crippen MR) is 119 cm³/mol. The zero-order valence-electron chi connectivity index (χ0n) is 17.7. The Morgan fingerprint density at radius 1 is 1.13 bits per heavy atom. The summed E-state index contributed by atoms with van der Waals surface area (Å²) in [7, 11) is 0. The molecular formula is C23H30FN3O3S. The Hall–Kier alpha value is -1.84. The van der Waals surface area contributed by atoms with Gasteiger partial charge in [0.1, 0.15) is 5.82 Å². The third-order valence-corrected chi connectivity index (χ3v) is 6.62. The highest BCUT2D eigenvalue weighted by atomic mass is 32.1. The van der Waals surface area contributed by atoms with Crippen LogP contribution >= 0.6 is 11.3 Å². The first-order chi connectivity index (χ1) is 15.2. The van der Waals surface area contributed by atoms with Gasteiger partial charge in [0.15, 0.2) is 0 Å². The molecule has 1 unspecified atom stereocenters. The molecule has 2 aliphatic heterocycles. The standard InChI is InChI=1S/C23H30FN3O3S/c24-20-4-1-3-19(15-20)23(28)27(7-6-25-8-11-29-12-9-25)17-21-16-26(10-13-30-21)18-22-5-2-14-31-22/h1-5,14-15,21H,6-13,16-18H2. The highest BCUT2D eigenvalue weighted by Gasteiger charge is 2.26. The van der Waals surface area contributed by atoms with Crippen molar-refractivity contribution in [1.29, 1.82) is 0 Å².